The summed E-state index contributed by atoms with van der Waals surface area (Å²) in [5.74, 6) is 1.73. The van der Waals surface area contributed by atoms with E-state index in [0.717, 1.165) is 55.7 Å². The molecular formula is C19H20N4O. The van der Waals surface area contributed by atoms with Crippen molar-refractivity contribution in [3.05, 3.63) is 66.5 Å². The van der Waals surface area contributed by atoms with Crippen LogP contribution < -0.4 is 0 Å². The molecule has 2 heterocycles. The number of hydrogen-bond donors (Lipinski definition) is 0. The molecular weight excluding hydrogens is 300 g/mol. The van der Waals surface area contributed by atoms with Crippen molar-refractivity contribution >= 4 is 0 Å². The van der Waals surface area contributed by atoms with E-state index >= 15 is 0 Å². The van der Waals surface area contributed by atoms with Crippen LogP contribution in [0.1, 0.15) is 5.82 Å². The first-order chi connectivity index (χ1) is 11.9. The molecule has 1 aromatic heterocycles. The molecule has 5 nitrogen and oxygen atoms in total. The zero-order valence-electron chi connectivity index (χ0n) is 13.5. The van der Waals surface area contributed by atoms with Crippen molar-refractivity contribution < 1.29 is 4.74 Å². The summed E-state index contributed by atoms with van der Waals surface area (Å²) in [6.07, 6.45) is 0. The van der Waals surface area contributed by atoms with Gasteiger partial charge in [-0.25, -0.2) is 9.67 Å². The van der Waals surface area contributed by atoms with Crippen LogP contribution in [0.25, 0.3) is 17.1 Å². The second-order valence-electron chi connectivity index (χ2n) is 5.85. The largest absolute Gasteiger partial charge is 0.379 e. The van der Waals surface area contributed by atoms with Crippen molar-refractivity contribution in [2.45, 2.75) is 6.54 Å². The van der Waals surface area contributed by atoms with Crippen molar-refractivity contribution in [1.82, 2.24) is 19.7 Å². The molecule has 24 heavy (non-hydrogen) atoms. The Morgan fingerprint density at radius 3 is 2.25 bits per heavy atom. The Balaban J connectivity index is 1.71. The van der Waals surface area contributed by atoms with Crippen molar-refractivity contribution in [3.63, 3.8) is 0 Å². The lowest BCUT2D eigenvalue weighted by Gasteiger charge is -2.26. The normalized spacial score (nSPS) is 15.5. The number of para-hydroxylation sites is 1. The molecule has 0 saturated carbocycles. The molecule has 0 N–H and O–H groups in total. The highest BCUT2D eigenvalue weighted by Gasteiger charge is 2.17. The molecule has 1 aliphatic heterocycles. The van der Waals surface area contributed by atoms with Crippen molar-refractivity contribution in [2.75, 3.05) is 26.3 Å². The van der Waals surface area contributed by atoms with Gasteiger partial charge in [-0.3, -0.25) is 4.90 Å². The fourth-order valence-corrected chi connectivity index (χ4v) is 2.89. The van der Waals surface area contributed by atoms with Crippen LogP contribution in [0, 0.1) is 0 Å². The van der Waals surface area contributed by atoms with E-state index in [1.54, 1.807) is 0 Å². The maximum atomic E-state index is 5.44. The third kappa shape index (κ3) is 3.22. The van der Waals surface area contributed by atoms with Crippen molar-refractivity contribution in [3.8, 4) is 17.1 Å². The van der Waals surface area contributed by atoms with Gasteiger partial charge in [0.05, 0.1) is 25.4 Å². The third-order valence-electron chi connectivity index (χ3n) is 4.18. The van der Waals surface area contributed by atoms with E-state index in [4.69, 9.17) is 14.8 Å². The van der Waals surface area contributed by atoms with Gasteiger partial charge in [0.1, 0.15) is 5.82 Å². The number of benzene rings is 2. The van der Waals surface area contributed by atoms with E-state index < -0.39 is 0 Å². The molecule has 3 aromatic rings. The van der Waals surface area contributed by atoms with Crippen LogP contribution in [-0.2, 0) is 11.3 Å². The van der Waals surface area contributed by atoms with Gasteiger partial charge in [0.2, 0.25) is 0 Å². The minimum atomic E-state index is 0.766. The molecule has 0 spiro atoms. The average Bonchev–Trinajstić information content (AvgIpc) is 3.08. The highest BCUT2D eigenvalue weighted by molar-refractivity contribution is 5.54. The summed E-state index contributed by atoms with van der Waals surface area (Å²) in [5, 5.41) is 4.76. The van der Waals surface area contributed by atoms with Crippen molar-refractivity contribution in [2.24, 2.45) is 0 Å². The maximum absolute atomic E-state index is 5.44. The van der Waals surface area contributed by atoms with Gasteiger partial charge in [0.25, 0.3) is 0 Å². The third-order valence-corrected chi connectivity index (χ3v) is 4.18. The zero-order valence-corrected chi connectivity index (χ0v) is 13.5. The molecule has 0 unspecified atom stereocenters. The fourth-order valence-electron chi connectivity index (χ4n) is 2.89. The van der Waals surface area contributed by atoms with Crippen LogP contribution >= 0.6 is 0 Å². The van der Waals surface area contributed by atoms with Gasteiger partial charge >= 0.3 is 0 Å². The second-order valence-corrected chi connectivity index (χ2v) is 5.85. The Morgan fingerprint density at radius 2 is 1.54 bits per heavy atom. The lowest BCUT2D eigenvalue weighted by Crippen LogP contribution is -2.36. The predicted molar refractivity (Wildman–Crippen MR) is 92.9 cm³/mol. The van der Waals surface area contributed by atoms with Crippen LogP contribution in [0.3, 0.4) is 0 Å². The summed E-state index contributed by atoms with van der Waals surface area (Å²) in [5.41, 5.74) is 2.07. The number of hydrogen-bond acceptors (Lipinski definition) is 4. The van der Waals surface area contributed by atoms with E-state index in [1.807, 2.05) is 53.2 Å². The summed E-state index contributed by atoms with van der Waals surface area (Å²) in [6, 6.07) is 20.3. The summed E-state index contributed by atoms with van der Waals surface area (Å²) >= 11 is 0. The number of nitrogens with zero attached hydrogens (tertiary/aromatic N) is 4. The molecule has 1 aliphatic rings. The van der Waals surface area contributed by atoms with Crippen LogP contribution in [0.4, 0.5) is 0 Å². The van der Waals surface area contributed by atoms with E-state index in [9.17, 15) is 0 Å². The number of morpholine rings is 1. The number of aromatic nitrogens is 3. The van der Waals surface area contributed by atoms with E-state index in [1.165, 1.54) is 0 Å². The Hall–Kier alpha value is -2.50. The minimum absolute atomic E-state index is 0.766. The molecule has 0 atom stereocenters. The average molecular weight is 320 g/mol. The van der Waals surface area contributed by atoms with Crippen LogP contribution in [0.15, 0.2) is 60.7 Å². The summed E-state index contributed by atoms with van der Waals surface area (Å²) in [6.45, 7) is 4.21. The molecule has 1 fully saturated rings. The minimum Gasteiger partial charge on any atom is -0.379 e. The summed E-state index contributed by atoms with van der Waals surface area (Å²) in [7, 11) is 0. The monoisotopic (exact) mass is 320 g/mol. The smallest absolute Gasteiger partial charge is 0.181 e. The van der Waals surface area contributed by atoms with Gasteiger partial charge in [-0.15, -0.1) is 5.10 Å². The molecule has 0 amide bonds. The second kappa shape index (κ2) is 6.95. The zero-order chi connectivity index (χ0) is 16.2. The summed E-state index contributed by atoms with van der Waals surface area (Å²) < 4.78 is 7.40. The van der Waals surface area contributed by atoms with E-state index in [-0.39, 0.29) is 0 Å². The number of rotatable bonds is 4. The predicted octanol–water partition coefficient (Wildman–Crippen LogP) is 2.77. The molecule has 1 saturated heterocycles. The lowest BCUT2D eigenvalue weighted by atomic mass is 10.2. The number of ether oxygens (including phenoxy) is 1. The molecule has 2 aromatic carbocycles. The Labute approximate surface area is 141 Å². The van der Waals surface area contributed by atoms with Crippen LogP contribution in [0.2, 0.25) is 0 Å². The molecule has 0 aliphatic carbocycles. The van der Waals surface area contributed by atoms with Crippen LogP contribution in [0.5, 0.6) is 0 Å². The van der Waals surface area contributed by atoms with Gasteiger partial charge in [0, 0.05) is 18.7 Å². The first-order valence-corrected chi connectivity index (χ1v) is 8.27. The highest BCUT2D eigenvalue weighted by atomic mass is 16.5. The van der Waals surface area contributed by atoms with Crippen LogP contribution in [-0.4, -0.2) is 46.0 Å². The SMILES string of the molecule is c1ccc(-c2nc(CN3CCOCC3)n(-c3ccccc3)n2)cc1. The maximum Gasteiger partial charge on any atom is 0.181 e. The van der Waals surface area contributed by atoms with Crippen molar-refractivity contribution in [1.29, 1.82) is 0 Å². The van der Waals surface area contributed by atoms with E-state index in [0.29, 0.717) is 0 Å². The standard InChI is InChI=1S/C19H20N4O/c1-3-7-16(8-4-1)19-20-18(15-22-11-13-24-14-12-22)23(21-19)17-9-5-2-6-10-17/h1-10H,11-15H2. The van der Waals surface area contributed by atoms with Gasteiger partial charge < -0.3 is 4.74 Å². The molecule has 0 radical (unpaired) electrons. The van der Waals surface area contributed by atoms with Gasteiger partial charge in [-0.1, -0.05) is 48.5 Å². The van der Waals surface area contributed by atoms with Gasteiger partial charge in [0.15, 0.2) is 5.82 Å². The fraction of sp³-hybridized carbons (Fsp3) is 0.263. The topological polar surface area (TPSA) is 43.2 Å². The molecule has 4 rings (SSSR count). The Kier molecular flexibility index (Phi) is 4.36. The van der Waals surface area contributed by atoms with Gasteiger partial charge in [-0.2, -0.15) is 0 Å². The molecule has 0 bridgehead atoms. The van der Waals surface area contributed by atoms with Gasteiger partial charge in [-0.05, 0) is 12.1 Å². The Bertz CT molecular complexity index is 780. The summed E-state index contributed by atoms with van der Waals surface area (Å²) in [4.78, 5) is 7.18. The first-order valence-electron chi connectivity index (χ1n) is 8.27. The quantitative estimate of drug-likeness (QED) is 0.741. The highest BCUT2D eigenvalue weighted by Crippen LogP contribution is 2.19. The lowest BCUT2D eigenvalue weighted by molar-refractivity contribution is 0.0328. The molecule has 5 heteroatoms. The first kappa shape index (κ1) is 15.1. The Morgan fingerprint density at radius 1 is 0.875 bits per heavy atom. The molecule has 122 valence electrons. The van der Waals surface area contributed by atoms with E-state index in [2.05, 4.69) is 17.0 Å².